The molecule has 160 valence electrons. The van der Waals surface area contributed by atoms with Gasteiger partial charge in [-0.2, -0.15) is 41.6 Å². The third-order valence-corrected chi connectivity index (χ3v) is 3.67. The molecule has 0 aromatic carbocycles. The minimum absolute atomic E-state index is 0.0184. The molecule has 0 aliphatic heterocycles. The van der Waals surface area contributed by atoms with Gasteiger partial charge in [0.2, 0.25) is 5.95 Å². The molecule has 0 aliphatic rings. The number of hydrogen-bond acceptors (Lipinski definition) is 6. The Labute approximate surface area is 165 Å². The molecule has 3 rings (SSSR count). The third kappa shape index (κ3) is 5.33. The second-order valence-corrected chi connectivity index (χ2v) is 6.19. The fourth-order valence-electron chi connectivity index (χ4n) is 2.51. The number of anilines is 1. The lowest BCUT2D eigenvalue weighted by Gasteiger charge is -2.09. The van der Waals surface area contributed by atoms with Crippen LogP contribution in [-0.4, -0.2) is 41.9 Å². The summed E-state index contributed by atoms with van der Waals surface area (Å²) < 4.78 is 78.8. The Kier molecular flexibility index (Phi) is 5.50. The molecule has 30 heavy (non-hydrogen) atoms. The van der Waals surface area contributed by atoms with E-state index in [4.69, 9.17) is 0 Å². The van der Waals surface area contributed by atoms with Crippen LogP contribution in [0.3, 0.4) is 0 Å². The molecule has 1 N–H and O–H groups in total. The van der Waals surface area contributed by atoms with Gasteiger partial charge in [0.25, 0.3) is 0 Å². The molecule has 3 aromatic rings. The van der Waals surface area contributed by atoms with Crippen LogP contribution in [-0.2, 0) is 19.8 Å². The Balaban J connectivity index is 1.84. The summed E-state index contributed by atoms with van der Waals surface area (Å²) in [6, 6.07) is 2.05. The van der Waals surface area contributed by atoms with E-state index in [0.717, 1.165) is 18.5 Å². The van der Waals surface area contributed by atoms with Gasteiger partial charge in [0.15, 0.2) is 5.69 Å². The van der Waals surface area contributed by atoms with Crippen LogP contribution in [0.2, 0.25) is 0 Å². The maximum absolute atomic E-state index is 13.2. The van der Waals surface area contributed by atoms with Gasteiger partial charge in [-0.25, -0.2) is 15.4 Å². The normalized spacial score (nSPS) is 12.7. The maximum atomic E-state index is 13.2. The maximum Gasteiger partial charge on any atom is 0.433 e. The van der Waals surface area contributed by atoms with Crippen LogP contribution >= 0.6 is 0 Å². The van der Waals surface area contributed by atoms with Crippen molar-refractivity contribution in [3.8, 4) is 11.3 Å². The van der Waals surface area contributed by atoms with Crippen molar-refractivity contribution in [1.82, 2.24) is 29.5 Å². The molecular formula is C16H14F6N8. The van der Waals surface area contributed by atoms with Crippen molar-refractivity contribution < 1.29 is 26.3 Å². The van der Waals surface area contributed by atoms with Crippen molar-refractivity contribution in [2.24, 2.45) is 12.1 Å². The summed E-state index contributed by atoms with van der Waals surface area (Å²) in [5, 5.41) is 11.4. The van der Waals surface area contributed by atoms with Crippen molar-refractivity contribution in [2.75, 3.05) is 5.43 Å². The Bertz CT molecular complexity index is 1060. The zero-order valence-electron chi connectivity index (χ0n) is 15.5. The Morgan fingerprint density at radius 1 is 1.13 bits per heavy atom. The molecule has 0 fully saturated rings. The summed E-state index contributed by atoms with van der Waals surface area (Å²) in [5.41, 5.74) is 1.94. The van der Waals surface area contributed by atoms with Crippen molar-refractivity contribution in [3.63, 3.8) is 0 Å². The predicted molar refractivity (Wildman–Crippen MR) is 93.5 cm³/mol. The largest absolute Gasteiger partial charge is 0.433 e. The number of nitrogens with zero attached hydrogens (tertiary/aromatic N) is 7. The van der Waals surface area contributed by atoms with E-state index in [1.54, 1.807) is 14.0 Å². The fourth-order valence-corrected chi connectivity index (χ4v) is 2.51. The van der Waals surface area contributed by atoms with Gasteiger partial charge in [-0.1, -0.05) is 0 Å². The molecule has 0 saturated heterocycles. The zero-order chi connectivity index (χ0) is 22.1. The van der Waals surface area contributed by atoms with E-state index in [-0.39, 0.29) is 11.4 Å². The number of halogens is 6. The summed E-state index contributed by atoms with van der Waals surface area (Å²) in [6.07, 6.45) is -5.53. The number of aromatic nitrogens is 6. The lowest BCUT2D eigenvalue weighted by Crippen LogP contribution is -2.18. The van der Waals surface area contributed by atoms with Crippen LogP contribution in [0.25, 0.3) is 11.3 Å². The minimum atomic E-state index is -4.73. The molecule has 8 nitrogen and oxygen atoms in total. The molecular weight excluding hydrogens is 418 g/mol. The minimum Gasteiger partial charge on any atom is -0.275 e. The van der Waals surface area contributed by atoms with Gasteiger partial charge in [0.05, 0.1) is 17.6 Å². The van der Waals surface area contributed by atoms with Crippen molar-refractivity contribution in [2.45, 2.75) is 25.8 Å². The Hall–Kier alpha value is -3.45. The van der Waals surface area contributed by atoms with Gasteiger partial charge in [-0.05, 0) is 19.1 Å². The standard InChI is InChI=1S/C16H14F6N8/c1-9-11(7-29(2)27-9)12-5-13(16(20,21)22)25-14(24-12)26-23-6-10-3-4-30(28-10)8-15(17,18)19/h3-7H,8H2,1-2H3,(H,24,25,26)/b23-6-. The van der Waals surface area contributed by atoms with E-state index in [1.807, 2.05) is 0 Å². The van der Waals surface area contributed by atoms with Crippen molar-refractivity contribution in [3.05, 3.63) is 41.6 Å². The average Bonchev–Trinajstić information content (AvgIpc) is 3.18. The van der Waals surface area contributed by atoms with E-state index >= 15 is 0 Å². The second-order valence-electron chi connectivity index (χ2n) is 6.19. The third-order valence-electron chi connectivity index (χ3n) is 3.67. The molecule has 0 aliphatic carbocycles. The number of hydrogen-bond donors (Lipinski definition) is 1. The molecule has 3 heterocycles. The fraction of sp³-hybridized carbons (Fsp3) is 0.312. The molecule has 0 saturated carbocycles. The number of nitrogens with one attached hydrogen (secondary N) is 1. The van der Waals surface area contributed by atoms with Gasteiger partial charge >= 0.3 is 12.4 Å². The molecule has 0 bridgehead atoms. The smallest absolute Gasteiger partial charge is 0.275 e. The van der Waals surface area contributed by atoms with Crippen LogP contribution in [0.1, 0.15) is 17.1 Å². The van der Waals surface area contributed by atoms with Gasteiger partial charge in [-0.3, -0.25) is 9.36 Å². The monoisotopic (exact) mass is 432 g/mol. The van der Waals surface area contributed by atoms with Crippen LogP contribution in [0.4, 0.5) is 32.3 Å². The summed E-state index contributed by atoms with van der Waals surface area (Å²) >= 11 is 0. The lowest BCUT2D eigenvalue weighted by atomic mass is 10.1. The highest BCUT2D eigenvalue weighted by Crippen LogP contribution is 2.31. The number of aryl methyl sites for hydroxylation is 2. The SMILES string of the molecule is Cc1nn(C)cc1-c1cc(C(F)(F)F)nc(N/N=C\c2ccn(CC(F)(F)F)n2)n1. The highest BCUT2D eigenvalue weighted by molar-refractivity contribution is 5.77. The van der Waals surface area contributed by atoms with Gasteiger partial charge < -0.3 is 0 Å². The molecule has 14 heteroatoms. The average molecular weight is 432 g/mol. The highest BCUT2D eigenvalue weighted by Gasteiger charge is 2.34. The van der Waals surface area contributed by atoms with Crippen molar-refractivity contribution in [1.29, 1.82) is 0 Å². The molecule has 0 atom stereocenters. The number of alkyl halides is 6. The van der Waals surface area contributed by atoms with E-state index < -0.39 is 30.5 Å². The van der Waals surface area contributed by atoms with E-state index in [2.05, 4.69) is 30.7 Å². The molecule has 3 aromatic heterocycles. The van der Waals surface area contributed by atoms with Gasteiger partial charge in [0, 0.05) is 25.0 Å². The van der Waals surface area contributed by atoms with E-state index in [0.29, 0.717) is 15.9 Å². The van der Waals surface area contributed by atoms with E-state index in [9.17, 15) is 26.3 Å². The van der Waals surface area contributed by atoms with Gasteiger partial charge in [0.1, 0.15) is 12.2 Å². The number of rotatable bonds is 5. The lowest BCUT2D eigenvalue weighted by molar-refractivity contribution is -0.143. The van der Waals surface area contributed by atoms with Crippen LogP contribution in [0.5, 0.6) is 0 Å². The summed E-state index contributed by atoms with van der Waals surface area (Å²) in [4.78, 5) is 7.40. The van der Waals surface area contributed by atoms with Gasteiger partial charge in [-0.15, -0.1) is 0 Å². The van der Waals surface area contributed by atoms with Crippen LogP contribution in [0, 0.1) is 6.92 Å². The Morgan fingerprint density at radius 2 is 1.87 bits per heavy atom. The first-order valence-electron chi connectivity index (χ1n) is 8.27. The molecule has 0 spiro atoms. The quantitative estimate of drug-likeness (QED) is 0.380. The number of hydrazone groups is 1. The zero-order valence-corrected chi connectivity index (χ0v) is 15.5. The summed E-state index contributed by atoms with van der Waals surface area (Å²) in [7, 11) is 1.61. The second kappa shape index (κ2) is 7.76. The molecule has 0 amide bonds. The van der Waals surface area contributed by atoms with Crippen LogP contribution in [0.15, 0.2) is 29.6 Å². The topological polar surface area (TPSA) is 85.8 Å². The first-order chi connectivity index (χ1) is 13.9. The first kappa shape index (κ1) is 21.3. The Morgan fingerprint density at radius 3 is 2.47 bits per heavy atom. The molecule has 0 radical (unpaired) electrons. The summed E-state index contributed by atoms with van der Waals surface area (Å²) in [5.74, 6) is -0.450. The summed E-state index contributed by atoms with van der Waals surface area (Å²) in [6.45, 7) is 0.339. The van der Waals surface area contributed by atoms with Crippen LogP contribution < -0.4 is 5.43 Å². The molecule has 0 unspecified atom stereocenters. The first-order valence-corrected chi connectivity index (χ1v) is 8.27. The van der Waals surface area contributed by atoms with Crippen molar-refractivity contribution >= 4 is 12.2 Å². The predicted octanol–water partition coefficient (Wildman–Crippen LogP) is 3.41. The highest BCUT2D eigenvalue weighted by atomic mass is 19.4. The van der Waals surface area contributed by atoms with E-state index in [1.165, 1.54) is 16.9 Å².